The third kappa shape index (κ3) is 3.42. The normalized spacial score (nSPS) is 13.0. The van der Waals surface area contributed by atoms with Gasteiger partial charge < -0.3 is 10.1 Å². The van der Waals surface area contributed by atoms with Crippen LogP contribution in [0.5, 0.6) is 5.75 Å². The van der Waals surface area contributed by atoms with Crippen LogP contribution in [0.25, 0.3) is 0 Å². The lowest BCUT2D eigenvalue weighted by atomic mass is 10.2. The van der Waals surface area contributed by atoms with Crippen LogP contribution in [0.3, 0.4) is 0 Å². The first-order valence-electron chi connectivity index (χ1n) is 7.53. The summed E-state index contributed by atoms with van der Waals surface area (Å²) >= 11 is 0. The molecule has 128 valence electrons. The van der Waals surface area contributed by atoms with E-state index in [0.29, 0.717) is 11.4 Å². The van der Waals surface area contributed by atoms with Gasteiger partial charge in [0, 0.05) is 17.8 Å². The fourth-order valence-corrected chi connectivity index (χ4v) is 2.52. The number of benzene rings is 2. The van der Waals surface area contributed by atoms with Crippen molar-refractivity contribution in [3.05, 3.63) is 58.1 Å². The lowest BCUT2D eigenvalue weighted by molar-refractivity contribution is -0.384. The number of nitro benzene ring substituents is 1. The first-order chi connectivity index (χ1) is 12.0. The fourth-order valence-electron chi connectivity index (χ4n) is 2.52. The minimum Gasteiger partial charge on any atom is -0.482 e. The van der Waals surface area contributed by atoms with Gasteiger partial charge in [-0.15, -0.1) is 0 Å². The molecule has 8 heteroatoms. The van der Waals surface area contributed by atoms with Crippen molar-refractivity contribution < 1.29 is 19.2 Å². The highest BCUT2D eigenvalue weighted by molar-refractivity contribution is 6.05. The van der Waals surface area contributed by atoms with E-state index in [9.17, 15) is 19.7 Å². The number of nitrogens with zero attached hydrogens (tertiary/aromatic N) is 2. The molecule has 0 aliphatic carbocycles. The average molecular weight is 341 g/mol. The van der Waals surface area contributed by atoms with Crippen LogP contribution in [0.15, 0.2) is 42.5 Å². The first kappa shape index (κ1) is 16.4. The van der Waals surface area contributed by atoms with Crippen LogP contribution < -0.4 is 15.0 Å². The molecule has 0 spiro atoms. The van der Waals surface area contributed by atoms with E-state index >= 15 is 0 Å². The number of aryl methyl sites for hydroxylation is 1. The van der Waals surface area contributed by atoms with Crippen molar-refractivity contribution in [2.24, 2.45) is 0 Å². The van der Waals surface area contributed by atoms with E-state index in [4.69, 9.17) is 4.74 Å². The molecule has 1 aliphatic rings. The summed E-state index contributed by atoms with van der Waals surface area (Å²) in [6.07, 6.45) is 0. The molecule has 0 bridgehead atoms. The van der Waals surface area contributed by atoms with Gasteiger partial charge in [0.1, 0.15) is 12.3 Å². The second-order valence-electron chi connectivity index (χ2n) is 5.54. The Morgan fingerprint density at radius 1 is 1.32 bits per heavy atom. The number of amides is 2. The lowest BCUT2D eigenvalue weighted by Gasteiger charge is -2.28. The number of para-hydroxylation sites is 1. The van der Waals surface area contributed by atoms with Crippen LogP contribution in [-0.4, -0.2) is 29.9 Å². The Labute approximate surface area is 143 Å². The minimum atomic E-state index is -0.565. The number of rotatable bonds is 4. The van der Waals surface area contributed by atoms with Crippen molar-refractivity contribution in [2.45, 2.75) is 6.92 Å². The maximum atomic E-state index is 12.3. The molecule has 0 radical (unpaired) electrons. The summed E-state index contributed by atoms with van der Waals surface area (Å²) in [6, 6.07) is 11.2. The first-order valence-corrected chi connectivity index (χ1v) is 7.53. The molecule has 0 saturated heterocycles. The van der Waals surface area contributed by atoms with Crippen LogP contribution in [0.4, 0.5) is 17.1 Å². The van der Waals surface area contributed by atoms with Crippen LogP contribution >= 0.6 is 0 Å². The van der Waals surface area contributed by atoms with Gasteiger partial charge in [0.2, 0.25) is 5.91 Å². The molecule has 1 aliphatic heterocycles. The van der Waals surface area contributed by atoms with Gasteiger partial charge in [-0.25, -0.2) is 0 Å². The van der Waals surface area contributed by atoms with E-state index < -0.39 is 16.7 Å². The third-order valence-electron chi connectivity index (χ3n) is 3.82. The fraction of sp³-hybridized carbons (Fsp3) is 0.176. The monoisotopic (exact) mass is 341 g/mol. The highest BCUT2D eigenvalue weighted by Crippen LogP contribution is 2.35. The van der Waals surface area contributed by atoms with Gasteiger partial charge in [0.15, 0.2) is 6.61 Å². The Balaban J connectivity index is 1.84. The molecule has 8 nitrogen and oxygen atoms in total. The predicted molar refractivity (Wildman–Crippen MR) is 90.8 cm³/mol. The van der Waals surface area contributed by atoms with E-state index in [1.807, 2.05) is 19.1 Å². The van der Waals surface area contributed by atoms with Crippen molar-refractivity contribution in [3.63, 3.8) is 0 Å². The van der Waals surface area contributed by atoms with Crippen molar-refractivity contribution in [1.82, 2.24) is 0 Å². The van der Waals surface area contributed by atoms with E-state index in [2.05, 4.69) is 5.32 Å². The second kappa shape index (κ2) is 6.60. The summed E-state index contributed by atoms with van der Waals surface area (Å²) in [7, 11) is 0. The number of fused-ring (bicyclic) bond motifs is 1. The lowest BCUT2D eigenvalue weighted by Crippen LogP contribution is -2.43. The summed E-state index contributed by atoms with van der Waals surface area (Å²) in [6.45, 7) is 1.38. The molecule has 1 N–H and O–H groups in total. The number of non-ortho nitro benzene ring substituents is 1. The van der Waals surface area contributed by atoms with Gasteiger partial charge >= 0.3 is 0 Å². The number of hydrogen-bond acceptors (Lipinski definition) is 5. The number of nitrogens with one attached hydrogen (secondary N) is 1. The zero-order valence-corrected chi connectivity index (χ0v) is 13.4. The molecular formula is C17H15N3O5. The number of carbonyl (C=O) groups is 2. The van der Waals surface area contributed by atoms with Gasteiger partial charge in [0.25, 0.3) is 11.6 Å². The summed E-state index contributed by atoms with van der Waals surface area (Å²) in [5.74, 6) is -0.510. The highest BCUT2D eigenvalue weighted by atomic mass is 16.6. The smallest absolute Gasteiger partial charge is 0.271 e. The molecule has 0 aromatic heterocycles. The topological polar surface area (TPSA) is 102 Å². The van der Waals surface area contributed by atoms with Crippen molar-refractivity contribution >= 4 is 28.9 Å². The largest absolute Gasteiger partial charge is 0.482 e. The summed E-state index contributed by atoms with van der Waals surface area (Å²) in [4.78, 5) is 36.1. The molecule has 0 unspecified atom stereocenters. The summed E-state index contributed by atoms with van der Waals surface area (Å²) in [5.41, 5.74) is 1.57. The second-order valence-corrected chi connectivity index (χ2v) is 5.54. The van der Waals surface area contributed by atoms with Crippen molar-refractivity contribution in [1.29, 1.82) is 0 Å². The molecule has 2 aromatic carbocycles. The number of hydrogen-bond donors (Lipinski definition) is 1. The molecule has 2 amide bonds. The Bertz CT molecular complexity index is 865. The summed E-state index contributed by atoms with van der Waals surface area (Å²) in [5, 5.41) is 13.7. The zero-order valence-electron chi connectivity index (χ0n) is 13.4. The Kier molecular flexibility index (Phi) is 4.34. The van der Waals surface area contributed by atoms with Crippen LogP contribution in [0, 0.1) is 17.0 Å². The Morgan fingerprint density at radius 2 is 2.08 bits per heavy atom. The molecule has 0 saturated carbocycles. The molecule has 0 atom stereocenters. The van der Waals surface area contributed by atoms with Gasteiger partial charge in [-0.3, -0.25) is 24.6 Å². The highest BCUT2D eigenvalue weighted by Gasteiger charge is 2.29. The SMILES string of the molecule is Cc1ccccc1NC(=O)CN1C(=O)COc2ccc([N+](=O)[O-])cc21. The standard InChI is InChI=1S/C17H15N3O5/c1-11-4-2-3-5-13(11)18-16(21)9-19-14-8-12(20(23)24)6-7-15(14)25-10-17(19)22/h2-8H,9-10H2,1H3,(H,18,21). The number of nitro groups is 1. The van der Waals surface area contributed by atoms with E-state index in [0.717, 1.165) is 5.56 Å². The van der Waals surface area contributed by atoms with Gasteiger partial charge in [0.05, 0.1) is 10.6 Å². The average Bonchev–Trinajstić information content (AvgIpc) is 2.59. The minimum absolute atomic E-state index is 0.179. The van der Waals surface area contributed by atoms with E-state index in [1.165, 1.54) is 23.1 Å². The zero-order chi connectivity index (χ0) is 18.0. The predicted octanol–water partition coefficient (Wildman–Crippen LogP) is 2.27. The molecule has 2 aromatic rings. The molecule has 1 heterocycles. The van der Waals surface area contributed by atoms with E-state index in [-0.39, 0.29) is 24.5 Å². The molecule has 0 fully saturated rings. The molecular weight excluding hydrogens is 326 g/mol. The van der Waals surface area contributed by atoms with Gasteiger partial charge in [-0.05, 0) is 24.6 Å². The van der Waals surface area contributed by atoms with Gasteiger partial charge in [-0.1, -0.05) is 18.2 Å². The van der Waals surface area contributed by atoms with Crippen LogP contribution in [0.2, 0.25) is 0 Å². The maximum absolute atomic E-state index is 12.3. The number of carbonyl (C=O) groups excluding carboxylic acids is 2. The quantitative estimate of drug-likeness (QED) is 0.679. The van der Waals surface area contributed by atoms with Crippen LogP contribution in [-0.2, 0) is 9.59 Å². The maximum Gasteiger partial charge on any atom is 0.271 e. The number of anilines is 2. The molecule has 3 rings (SSSR count). The van der Waals surface area contributed by atoms with Crippen molar-refractivity contribution in [3.8, 4) is 5.75 Å². The van der Waals surface area contributed by atoms with Crippen molar-refractivity contribution in [2.75, 3.05) is 23.4 Å². The number of ether oxygens (including phenoxy) is 1. The van der Waals surface area contributed by atoms with Gasteiger partial charge in [-0.2, -0.15) is 0 Å². The van der Waals surface area contributed by atoms with Crippen LogP contribution in [0.1, 0.15) is 5.56 Å². The Morgan fingerprint density at radius 3 is 2.80 bits per heavy atom. The third-order valence-corrected chi connectivity index (χ3v) is 3.82. The molecule has 25 heavy (non-hydrogen) atoms. The summed E-state index contributed by atoms with van der Waals surface area (Å²) < 4.78 is 5.27. The Hall–Kier alpha value is -3.42. The van der Waals surface area contributed by atoms with E-state index in [1.54, 1.807) is 12.1 Å².